The Labute approximate surface area is 122 Å². The third kappa shape index (κ3) is 4.80. The van der Waals surface area contributed by atoms with Gasteiger partial charge in [-0.15, -0.1) is 0 Å². The van der Waals surface area contributed by atoms with E-state index in [0.717, 1.165) is 25.5 Å². The van der Waals surface area contributed by atoms with Crippen molar-refractivity contribution in [2.75, 3.05) is 19.8 Å². The number of hydrogen-bond acceptors (Lipinski definition) is 3. The molecule has 20 heavy (non-hydrogen) atoms. The monoisotopic (exact) mass is 277 g/mol. The first-order valence-electron chi connectivity index (χ1n) is 7.73. The van der Waals surface area contributed by atoms with Gasteiger partial charge in [0.2, 0.25) is 0 Å². The minimum Gasteiger partial charge on any atom is -0.491 e. The summed E-state index contributed by atoms with van der Waals surface area (Å²) in [5.74, 6) is 1.61. The van der Waals surface area contributed by atoms with Crippen molar-refractivity contribution in [2.45, 2.75) is 45.8 Å². The third-order valence-electron chi connectivity index (χ3n) is 3.70. The van der Waals surface area contributed by atoms with Crippen molar-refractivity contribution in [1.82, 2.24) is 5.32 Å². The number of ether oxygens (including phenoxy) is 2. The Bertz CT molecular complexity index is 400. The first-order chi connectivity index (χ1) is 9.65. The van der Waals surface area contributed by atoms with Crippen LogP contribution in [-0.2, 0) is 4.74 Å². The van der Waals surface area contributed by atoms with Gasteiger partial charge in [0.25, 0.3) is 0 Å². The van der Waals surface area contributed by atoms with E-state index in [-0.39, 0.29) is 6.10 Å². The molecule has 2 unspecified atom stereocenters. The molecule has 0 aliphatic carbocycles. The van der Waals surface area contributed by atoms with E-state index in [1.807, 2.05) is 6.07 Å². The van der Waals surface area contributed by atoms with Crippen LogP contribution in [0.1, 0.15) is 45.2 Å². The van der Waals surface area contributed by atoms with Crippen LogP contribution in [-0.4, -0.2) is 25.9 Å². The minimum atomic E-state index is 0.216. The lowest BCUT2D eigenvalue weighted by Crippen LogP contribution is -2.30. The Morgan fingerprint density at radius 3 is 2.90 bits per heavy atom. The Kier molecular flexibility index (Phi) is 5.86. The van der Waals surface area contributed by atoms with E-state index >= 15 is 0 Å². The van der Waals surface area contributed by atoms with E-state index in [9.17, 15) is 0 Å². The smallest absolute Gasteiger partial charge is 0.120 e. The van der Waals surface area contributed by atoms with Gasteiger partial charge in [0.05, 0.1) is 12.7 Å². The predicted molar refractivity (Wildman–Crippen MR) is 82.2 cm³/mol. The van der Waals surface area contributed by atoms with Gasteiger partial charge in [0.15, 0.2) is 0 Å². The largest absolute Gasteiger partial charge is 0.491 e. The molecular formula is C17H27NO2. The molecular weight excluding hydrogens is 250 g/mol. The van der Waals surface area contributed by atoms with Crippen LogP contribution in [0.4, 0.5) is 0 Å². The number of rotatable bonds is 6. The maximum absolute atomic E-state index is 5.75. The summed E-state index contributed by atoms with van der Waals surface area (Å²) in [6.07, 6.45) is 2.68. The van der Waals surface area contributed by atoms with Gasteiger partial charge >= 0.3 is 0 Å². The highest BCUT2D eigenvalue weighted by atomic mass is 16.5. The van der Waals surface area contributed by atoms with Crippen LogP contribution in [0.25, 0.3) is 0 Å². The summed E-state index contributed by atoms with van der Waals surface area (Å²) in [7, 11) is 0. The summed E-state index contributed by atoms with van der Waals surface area (Å²) < 4.78 is 11.3. The summed E-state index contributed by atoms with van der Waals surface area (Å²) in [6, 6.07) is 8.71. The first kappa shape index (κ1) is 15.3. The molecule has 2 atom stereocenters. The fraction of sp³-hybridized carbons (Fsp3) is 0.647. The van der Waals surface area contributed by atoms with E-state index in [2.05, 4.69) is 44.3 Å². The average molecular weight is 277 g/mol. The molecule has 1 aliphatic heterocycles. The van der Waals surface area contributed by atoms with Crippen molar-refractivity contribution < 1.29 is 9.47 Å². The highest BCUT2D eigenvalue weighted by Gasteiger charge is 2.15. The Hall–Kier alpha value is -1.06. The van der Waals surface area contributed by atoms with Gasteiger partial charge in [-0.2, -0.15) is 0 Å². The molecule has 1 aromatic carbocycles. The highest BCUT2D eigenvalue weighted by Crippen LogP contribution is 2.21. The first-order valence-corrected chi connectivity index (χ1v) is 7.73. The molecule has 1 N–H and O–H groups in total. The summed E-state index contributed by atoms with van der Waals surface area (Å²) in [5, 5.41) is 3.61. The molecule has 0 radical (unpaired) electrons. The lowest BCUT2D eigenvalue weighted by atomic mass is 10.0. The molecule has 0 amide bonds. The third-order valence-corrected chi connectivity index (χ3v) is 3.70. The van der Waals surface area contributed by atoms with Gasteiger partial charge in [0.1, 0.15) is 5.75 Å². The maximum Gasteiger partial charge on any atom is 0.120 e. The molecule has 1 aliphatic rings. The molecule has 1 aromatic rings. The molecule has 1 heterocycles. The van der Waals surface area contributed by atoms with Gasteiger partial charge in [-0.1, -0.05) is 12.1 Å². The second-order valence-corrected chi connectivity index (χ2v) is 5.95. The zero-order valence-corrected chi connectivity index (χ0v) is 12.9. The Balaban J connectivity index is 1.86. The van der Waals surface area contributed by atoms with Crippen molar-refractivity contribution in [3.8, 4) is 5.75 Å². The zero-order chi connectivity index (χ0) is 14.4. The van der Waals surface area contributed by atoms with E-state index < -0.39 is 0 Å². The number of nitrogens with one attached hydrogen (secondary N) is 1. The normalized spacial score (nSPS) is 20.9. The van der Waals surface area contributed by atoms with Crippen molar-refractivity contribution in [1.29, 1.82) is 0 Å². The molecule has 1 saturated heterocycles. The van der Waals surface area contributed by atoms with Gasteiger partial charge < -0.3 is 14.8 Å². The van der Waals surface area contributed by atoms with Crippen LogP contribution >= 0.6 is 0 Å². The molecule has 1 fully saturated rings. The van der Waals surface area contributed by atoms with E-state index in [1.165, 1.54) is 18.4 Å². The molecule has 0 bridgehead atoms. The molecule has 0 spiro atoms. The lowest BCUT2D eigenvalue weighted by molar-refractivity contribution is 0.0540. The molecule has 0 aromatic heterocycles. The van der Waals surface area contributed by atoms with Gasteiger partial charge in [-0.3, -0.25) is 0 Å². The van der Waals surface area contributed by atoms with E-state index in [0.29, 0.717) is 12.0 Å². The standard InChI is InChI=1S/C17H27NO2/c1-13(2)20-17-8-4-7-16(10-17)14(3)18-11-15-6-5-9-19-12-15/h4,7-8,10,13-15,18H,5-6,9,11-12H2,1-3H3. The van der Waals surface area contributed by atoms with Crippen molar-refractivity contribution in [3.63, 3.8) is 0 Å². The van der Waals surface area contributed by atoms with Gasteiger partial charge in [-0.25, -0.2) is 0 Å². The fourth-order valence-corrected chi connectivity index (χ4v) is 2.56. The van der Waals surface area contributed by atoms with Crippen LogP contribution in [0.5, 0.6) is 5.75 Å². The quantitative estimate of drug-likeness (QED) is 0.862. The lowest BCUT2D eigenvalue weighted by Gasteiger charge is -2.24. The van der Waals surface area contributed by atoms with Crippen LogP contribution in [0.2, 0.25) is 0 Å². The maximum atomic E-state index is 5.75. The van der Waals surface area contributed by atoms with Crippen LogP contribution in [0, 0.1) is 5.92 Å². The Morgan fingerprint density at radius 2 is 2.20 bits per heavy atom. The topological polar surface area (TPSA) is 30.5 Å². The Morgan fingerprint density at radius 1 is 1.35 bits per heavy atom. The molecule has 3 heteroatoms. The fourth-order valence-electron chi connectivity index (χ4n) is 2.56. The molecule has 112 valence electrons. The van der Waals surface area contributed by atoms with E-state index in [4.69, 9.17) is 9.47 Å². The van der Waals surface area contributed by atoms with Gasteiger partial charge in [-0.05, 0) is 57.2 Å². The molecule has 3 nitrogen and oxygen atoms in total. The van der Waals surface area contributed by atoms with Crippen LogP contribution in [0.15, 0.2) is 24.3 Å². The van der Waals surface area contributed by atoms with E-state index in [1.54, 1.807) is 0 Å². The molecule has 2 rings (SSSR count). The summed E-state index contributed by atoms with van der Waals surface area (Å²) >= 11 is 0. The van der Waals surface area contributed by atoms with Crippen LogP contribution < -0.4 is 10.1 Å². The van der Waals surface area contributed by atoms with Crippen molar-refractivity contribution in [3.05, 3.63) is 29.8 Å². The molecule has 0 saturated carbocycles. The highest BCUT2D eigenvalue weighted by molar-refractivity contribution is 5.30. The summed E-state index contributed by atoms with van der Waals surface area (Å²) in [4.78, 5) is 0. The number of hydrogen-bond donors (Lipinski definition) is 1. The minimum absolute atomic E-state index is 0.216. The predicted octanol–water partition coefficient (Wildman–Crippen LogP) is 3.55. The SMILES string of the molecule is CC(C)Oc1cccc(C(C)NCC2CCCOC2)c1. The van der Waals surface area contributed by atoms with Gasteiger partial charge in [0, 0.05) is 19.2 Å². The zero-order valence-electron chi connectivity index (χ0n) is 12.9. The summed E-state index contributed by atoms with van der Waals surface area (Å²) in [6.45, 7) is 9.17. The summed E-state index contributed by atoms with van der Waals surface area (Å²) in [5.41, 5.74) is 1.28. The van der Waals surface area contributed by atoms with Crippen molar-refractivity contribution >= 4 is 0 Å². The van der Waals surface area contributed by atoms with Crippen LogP contribution in [0.3, 0.4) is 0 Å². The second-order valence-electron chi connectivity index (χ2n) is 5.95. The second kappa shape index (κ2) is 7.65. The number of benzene rings is 1. The van der Waals surface area contributed by atoms with Crippen molar-refractivity contribution in [2.24, 2.45) is 5.92 Å². The average Bonchev–Trinajstić information content (AvgIpc) is 2.45.